The first-order valence-electron chi connectivity index (χ1n) is 6.84. The predicted octanol–water partition coefficient (Wildman–Crippen LogP) is 3.74. The average molecular weight is 285 g/mol. The van der Waals surface area contributed by atoms with Gasteiger partial charge in [-0.15, -0.1) is 6.58 Å². The summed E-state index contributed by atoms with van der Waals surface area (Å²) in [5, 5.41) is 0. The summed E-state index contributed by atoms with van der Waals surface area (Å²) in [6.07, 6.45) is 3.19. The molecule has 0 N–H and O–H groups in total. The molecule has 1 aromatic carbocycles. The Morgan fingerprint density at radius 3 is 2.38 bits per heavy atom. The summed E-state index contributed by atoms with van der Waals surface area (Å²) in [4.78, 5) is 4.39. The van der Waals surface area contributed by atoms with Crippen LogP contribution in [0, 0.1) is 11.7 Å². The molecule has 0 amide bonds. The number of ether oxygens (including phenoxy) is 2. The van der Waals surface area contributed by atoms with Crippen LogP contribution in [0.2, 0.25) is 0 Å². The molecule has 21 heavy (non-hydrogen) atoms. The van der Waals surface area contributed by atoms with Crippen molar-refractivity contribution < 1.29 is 13.9 Å². The maximum Gasteiger partial charge on any atom is 0.185 e. The highest BCUT2D eigenvalue weighted by Crippen LogP contribution is 2.26. The van der Waals surface area contributed by atoms with E-state index in [1.54, 1.807) is 18.3 Å². The van der Waals surface area contributed by atoms with Crippen LogP contribution in [0.15, 0.2) is 55.3 Å². The smallest absolute Gasteiger partial charge is 0.185 e. The maximum atomic E-state index is 12.9. The fraction of sp³-hybridized carbons (Fsp3) is 0.235. The highest BCUT2D eigenvalue weighted by molar-refractivity contribution is 5.58. The van der Waals surface area contributed by atoms with Gasteiger partial charge in [-0.1, -0.05) is 12.1 Å². The Balaban J connectivity index is 1.72. The molecule has 3 nitrogen and oxygen atoms in total. The van der Waals surface area contributed by atoms with Crippen LogP contribution < -0.4 is 0 Å². The van der Waals surface area contributed by atoms with Gasteiger partial charge in [0.1, 0.15) is 5.82 Å². The van der Waals surface area contributed by atoms with Gasteiger partial charge in [0.25, 0.3) is 0 Å². The molecule has 0 saturated carbocycles. The Morgan fingerprint density at radius 1 is 1.10 bits per heavy atom. The first kappa shape index (κ1) is 13.9. The molecule has 3 rings (SSSR count). The summed E-state index contributed by atoms with van der Waals surface area (Å²) in [5.74, 6) is -0.0103. The average Bonchev–Trinajstić information content (AvgIpc) is 2.56. The Labute approximate surface area is 123 Å². The number of halogens is 1. The summed E-state index contributed by atoms with van der Waals surface area (Å²) >= 11 is 0. The van der Waals surface area contributed by atoms with Crippen LogP contribution in [0.3, 0.4) is 0 Å². The van der Waals surface area contributed by atoms with E-state index < -0.39 is 0 Å². The molecular weight excluding hydrogens is 269 g/mol. The molecule has 1 aromatic heterocycles. The third-order valence-electron chi connectivity index (χ3n) is 3.46. The van der Waals surface area contributed by atoms with Gasteiger partial charge in [-0.2, -0.15) is 0 Å². The molecule has 0 spiro atoms. The zero-order valence-corrected chi connectivity index (χ0v) is 11.5. The molecule has 1 saturated heterocycles. The van der Waals surface area contributed by atoms with Crippen molar-refractivity contribution in [1.82, 2.24) is 4.98 Å². The lowest BCUT2D eigenvalue weighted by molar-refractivity contribution is -0.197. The quantitative estimate of drug-likeness (QED) is 0.805. The minimum atomic E-state index is -0.379. The van der Waals surface area contributed by atoms with E-state index in [-0.39, 0.29) is 18.0 Å². The molecule has 2 aromatic rings. The second kappa shape index (κ2) is 6.16. The number of benzene rings is 1. The number of hydrogen-bond acceptors (Lipinski definition) is 3. The zero-order chi connectivity index (χ0) is 14.7. The largest absolute Gasteiger partial charge is 0.348 e. The molecule has 1 aliphatic rings. The molecule has 0 atom stereocenters. The number of rotatable bonds is 3. The highest BCUT2D eigenvalue weighted by atomic mass is 19.1. The standard InChI is InChI=1S/C17H16FNO2/c1-2-12-10-20-17(21-11-12)14-5-8-16(19-9-14)13-3-6-15(18)7-4-13/h2-9,12,17H,1,10-11H2/t12-,17-. The van der Waals surface area contributed by atoms with Gasteiger partial charge < -0.3 is 9.47 Å². The first-order valence-corrected chi connectivity index (χ1v) is 6.84. The molecular formula is C17H16FNO2. The first-order chi connectivity index (χ1) is 10.3. The molecule has 0 aliphatic carbocycles. The molecule has 0 unspecified atom stereocenters. The molecule has 4 heteroatoms. The minimum absolute atomic E-state index is 0.243. The van der Waals surface area contributed by atoms with Gasteiger partial charge in [0.2, 0.25) is 0 Å². The Morgan fingerprint density at radius 2 is 1.81 bits per heavy atom. The Kier molecular flexibility index (Phi) is 4.08. The third-order valence-corrected chi connectivity index (χ3v) is 3.46. The lowest BCUT2D eigenvalue weighted by atomic mass is 10.1. The van der Waals surface area contributed by atoms with Gasteiger partial charge >= 0.3 is 0 Å². The maximum absolute atomic E-state index is 12.9. The van der Waals surface area contributed by atoms with Crippen LogP contribution in [0.25, 0.3) is 11.3 Å². The van der Waals surface area contributed by atoms with Crippen molar-refractivity contribution >= 4 is 0 Å². The van der Waals surface area contributed by atoms with Crippen molar-refractivity contribution in [3.63, 3.8) is 0 Å². The normalized spacial score (nSPS) is 22.0. The monoisotopic (exact) mass is 285 g/mol. The summed E-state index contributed by atoms with van der Waals surface area (Å²) < 4.78 is 24.2. The van der Waals surface area contributed by atoms with Crippen molar-refractivity contribution in [1.29, 1.82) is 0 Å². The van der Waals surface area contributed by atoms with Crippen molar-refractivity contribution in [3.8, 4) is 11.3 Å². The number of aromatic nitrogens is 1. The second-order valence-corrected chi connectivity index (χ2v) is 4.98. The molecule has 108 valence electrons. The van der Waals surface area contributed by atoms with Crippen molar-refractivity contribution in [2.45, 2.75) is 6.29 Å². The third kappa shape index (κ3) is 3.17. The summed E-state index contributed by atoms with van der Waals surface area (Å²) in [6.45, 7) is 4.94. The van der Waals surface area contributed by atoms with E-state index in [1.807, 2.05) is 18.2 Å². The van der Waals surface area contributed by atoms with E-state index in [4.69, 9.17) is 9.47 Å². The fourth-order valence-electron chi connectivity index (χ4n) is 2.18. The Bertz CT molecular complexity index is 602. The Hall–Kier alpha value is -2.04. The van der Waals surface area contributed by atoms with Crippen LogP contribution in [0.1, 0.15) is 11.9 Å². The highest BCUT2D eigenvalue weighted by Gasteiger charge is 2.21. The molecule has 1 aliphatic heterocycles. The van der Waals surface area contributed by atoms with Gasteiger partial charge in [-0.25, -0.2) is 4.39 Å². The van der Waals surface area contributed by atoms with E-state index in [1.165, 1.54) is 12.1 Å². The van der Waals surface area contributed by atoms with Gasteiger partial charge in [0.05, 0.1) is 18.9 Å². The second-order valence-electron chi connectivity index (χ2n) is 4.98. The van der Waals surface area contributed by atoms with Gasteiger partial charge in [0, 0.05) is 23.2 Å². The SMILES string of the molecule is C=C[C@H]1CO[C@H](c2ccc(-c3ccc(F)cc3)nc2)OC1. The van der Waals surface area contributed by atoms with Crippen LogP contribution in [-0.4, -0.2) is 18.2 Å². The van der Waals surface area contributed by atoms with Gasteiger partial charge in [-0.3, -0.25) is 4.98 Å². The topological polar surface area (TPSA) is 31.4 Å². The summed E-state index contributed by atoms with van der Waals surface area (Å²) in [5.41, 5.74) is 2.54. The number of nitrogens with zero attached hydrogens (tertiary/aromatic N) is 1. The lowest BCUT2D eigenvalue weighted by Crippen LogP contribution is -2.25. The summed E-state index contributed by atoms with van der Waals surface area (Å²) in [6, 6.07) is 10.1. The molecule has 0 radical (unpaired) electrons. The van der Waals surface area contributed by atoms with Gasteiger partial charge in [-0.05, 0) is 30.3 Å². The van der Waals surface area contributed by atoms with E-state index >= 15 is 0 Å². The fourth-order valence-corrected chi connectivity index (χ4v) is 2.18. The summed E-state index contributed by atoms with van der Waals surface area (Å²) in [7, 11) is 0. The van der Waals surface area contributed by atoms with E-state index in [0.717, 1.165) is 16.8 Å². The van der Waals surface area contributed by atoms with E-state index in [9.17, 15) is 4.39 Å². The van der Waals surface area contributed by atoms with Crippen LogP contribution >= 0.6 is 0 Å². The van der Waals surface area contributed by atoms with Crippen LogP contribution in [0.4, 0.5) is 4.39 Å². The number of hydrogen-bond donors (Lipinski definition) is 0. The number of pyridine rings is 1. The minimum Gasteiger partial charge on any atom is -0.348 e. The van der Waals surface area contributed by atoms with Gasteiger partial charge in [0.15, 0.2) is 6.29 Å². The van der Waals surface area contributed by atoms with Crippen LogP contribution in [0.5, 0.6) is 0 Å². The van der Waals surface area contributed by atoms with E-state index in [2.05, 4.69) is 11.6 Å². The predicted molar refractivity (Wildman–Crippen MR) is 78.0 cm³/mol. The zero-order valence-electron chi connectivity index (χ0n) is 11.5. The lowest BCUT2D eigenvalue weighted by Gasteiger charge is -2.27. The molecule has 2 heterocycles. The van der Waals surface area contributed by atoms with Crippen molar-refractivity contribution in [3.05, 3.63) is 66.6 Å². The van der Waals surface area contributed by atoms with Crippen molar-refractivity contribution in [2.24, 2.45) is 5.92 Å². The molecule has 1 fully saturated rings. The van der Waals surface area contributed by atoms with E-state index in [0.29, 0.717) is 13.2 Å². The molecule has 0 bridgehead atoms. The van der Waals surface area contributed by atoms with Crippen molar-refractivity contribution in [2.75, 3.05) is 13.2 Å². The van der Waals surface area contributed by atoms with Crippen LogP contribution in [-0.2, 0) is 9.47 Å².